The molecule has 3 nitrogen and oxygen atoms in total. The van der Waals surface area contributed by atoms with Gasteiger partial charge in [0, 0.05) is 4.88 Å². The van der Waals surface area contributed by atoms with Gasteiger partial charge in [0.05, 0.1) is 28.3 Å². The number of hydrogen-bond acceptors (Lipinski definition) is 3. The van der Waals surface area contributed by atoms with E-state index in [-0.39, 0.29) is 5.41 Å². The first-order valence-corrected chi connectivity index (χ1v) is 6.23. The van der Waals surface area contributed by atoms with Gasteiger partial charge in [-0.05, 0) is 28.1 Å². The number of carbonyl (C=O) groups is 1. The van der Waals surface area contributed by atoms with Crippen LogP contribution in [0.1, 0.15) is 11.8 Å². The van der Waals surface area contributed by atoms with E-state index in [0.29, 0.717) is 13.2 Å². The van der Waals surface area contributed by atoms with E-state index in [9.17, 15) is 4.79 Å². The number of rotatable bonds is 3. The predicted molar refractivity (Wildman–Crippen MR) is 61.3 cm³/mol. The van der Waals surface area contributed by atoms with Crippen molar-refractivity contribution in [2.45, 2.75) is 12.3 Å². The molecule has 1 aromatic rings. The quantitative estimate of drug-likeness (QED) is 0.930. The number of thiophene rings is 1. The molecule has 82 valence electrons. The third-order valence-corrected chi connectivity index (χ3v) is 4.83. The topological polar surface area (TPSA) is 46.5 Å². The van der Waals surface area contributed by atoms with Crippen LogP contribution >= 0.6 is 27.3 Å². The summed E-state index contributed by atoms with van der Waals surface area (Å²) in [4.78, 5) is 12.1. The number of carboxylic acid groups (broad SMARTS) is 1. The highest BCUT2D eigenvalue weighted by molar-refractivity contribution is 9.11. The Hall–Kier alpha value is -0.390. The highest BCUT2D eigenvalue weighted by Gasteiger charge is 2.49. The molecule has 0 bridgehead atoms. The molecule has 2 rings (SSSR count). The zero-order valence-electron chi connectivity index (χ0n) is 8.20. The maximum Gasteiger partial charge on any atom is 0.307 e. The fourth-order valence-corrected chi connectivity index (χ4v) is 3.38. The van der Waals surface area contributed by atoms with E-state index < -0.39 is 11.9 Å². The number of aliphatic carboxylic acids is 1. The van der Waals surface area contributed by atoms with Crippen molar-refractivity contribution < 1.29 is 14.6 Å². The van der Waals surface area contributed by atoms with Crippen molar-refractivity contribution in [2.24, 2.45) is 5.92 Å². The van der Waals surface area contributed by atoms with Crippen molar-refractivity contribution in [3.8, 4) is 0 Å². The van der Waals surface area contributed by atoms with E-state index in [1.807, 2.05) is 12.1 Å². The van der Waals surface area contributed by atoms with Crippen LogP contribution < -0.4 is 0 Å². The van der Waals surface area contributed by atoms with Gasteiger partial charge in [0.1, 0.15) is 0 Å². The summed E-state index contributed by atoms with van der Waals surface area (Å²) in [5.41, 5.74) is -0.317. The van der Waals surface area contributed by atoms with Crippen LogP contribution in [0, 0.1) is 5.92 Å². The van der Waals surface area contributed by atoms with E-state index >= 15 is 0 Å². The minimum atomic E-state index is -0.761. The van der Waals surface area contributed by atoms with Gasteiger partial charge < -0.3 is 9.84 Å². The molecule has 1 aliphatic heterocycles. The summed E-state index contributed by atoms with van der Waals surface area (Å²) in [5.74, 6) is -1.17. The predicted octanol–water partition coefficient (Wildman–Crippen LogP) is 2.50. The lowest BCUT2D eigenvalue weighted by Gasteiger charge is -2.43. The first-order chi connectivity index (χ1) is 7.06. The van der Waals surface area contributed by atoms with Gasteiger partial charge in [0.15, 0.2) is 0 Å². The number of carboxylic acids is 1. The molecule has 0 spiro atoms. The Labute approximate surface area is 100 Å². The Balaban J connectivity index is 2.33. The maximum absolute atomic E-state index is 11.1. The van der Waals surface area contributed by atoms with Crippen molar-refractivity contribution in [1.29, 1.82) is 0 Å². The zero-order valence-corrected chi connectivity index (χ0v) is 10.6. The van der Waals surface area contributed by atoms with Gasteiger partial charge in [-0.2, -0.15) is 0 Å². The summed E-state index contributed by atoms with van der Waals surface area (Å²) in [7, 11) is 0. The van der Waals surface area contributed by atoms with Crippen LogP contribution in [0.5, 0.6) is 0 Å². The smallest absolute Gasteiger partial charge is 0.307 e. The van der Waals surface area contributed by atoms with E-state index in [1.165, 1.54) is 0 Å². The van der Waals surface area contributed by atoms with Crippen LogP contribution in [0.3, 0.4) is 0 Å². The summed E-state index contributed by atoms with van der Waals surface area (Å²) in [6.07, 6.45) is 0. The van der Waals surface area contributed by atoms with Crippen LogP contribution in [0.15, 0.2) is 15.9 Å². The monoisotopic (exact) mass is 290 g/mol. The molecule has 1 N–H and O–H groups in total. The van der Waals surface area contributed by atoms with Crippen molar-refractivity contribution >= 4 is 33.2 Å². The number of hydrogen-bond donors (Lipinski definition) is 1. The van der Waals surface area contributed by atoms with Crippen LogP contribution in [0.4, 0.5) is 0 Å². The molecule has 0 aromatic carbocycles. The maximum atomic E-state index is 11.1. The first kappa shape index (κ1) is 11.1. The number of halogens is 1. The molecule has 1 atom stereocenters. The van der Waals surface area contributed by atoms with Gasteiger partial charge in [-0.1, -0.05) is 6.92 Å². The second kappa shape index (κ2) is 3.88. The van der Waals surface area contributed by atoms with Gasteiger partial charge in [0.2, 0.25) is 0 Å². The van der Waals surface area contributed by atoms with E-state index in [2.05, 4.69) is 15.9 Å². The average Bonchev–Trinajstić information content (AvgIpc) is 2.50. The lowest BCUT2D eigenvalue weighted by atomic mass is 9.73. The lowest BCUT2D eigenvalue weighted by Crippen LogP contribution is -2.53. The fraction of sp³-hybridized carbons (Fsp3) is 0.500. The lowest BCUT2D eigenvalue weighted by molar-refractivity contribution is -0.155. The van der Waals surface area contributed by atoms with Crippen LogP contribution in [-0.4, -0.2) is 24.3 Å². The Kier molecular flexibility index (Phi) is 2.87. The highest BCUT2D eigenvalue weighted by Crippen LogP contribution is 2.43. The second-order valence-electron chi connectivity index (χ2n) is 3.81. The normalized spacial score (nSPS) is 20.7. The summed E-state index contributed by atoms with van der Waals surface area (Å²) < 4.78 is 6.23. The molecule has 15 heavy (non-hydrogen) atoms. The molecule has 0 saturated carbocycles. The van der Waals surface area contributed by atoms with E-state index in [4.69, 9.17) is 9.84 Å². The Morgan fingerprint density at radius 2 is 2.33 bits per heavy atom. The van der Waals surface area contributed by atoms with E-state index in [1.54, 1.807) is 18.3 Å². The van der Waals surface area contributed by atoms with Crippen molar-refractivity contribution in [1.82, 2.24) is 0 Å². The molecule has 2 heterocycles. The molecule has 1 aromatic heterocycles. The van der Waals surface area contributed by atoms with E-state index in [0.717, 1.165) is 8.66 Å². The third kappa shape index (κ3) is 1.73. The van der Waals surface area contributed by atoms with Gasteiger partial charge in [-0.15, -0.1) is 11.3 Å². The van der Waals surface area contributed by atoms with Crippen molar-refractivity contribution in [3.63, 3.8) is 0 Å². The van der Waals surface area contributed by atoms with Crippen LogP contribution in [0.2, 0.25) is 0 Å². The van der Waals surface area contributed by atoms with Crippen LogP contribution in [-0.2, 0) is 14.9 Å². The third-order valence-electron chi connectivity index (χ3n) is 2.98. The fourth-order valence-electron chi connectivity index (χ4n) is 1.75. The van der Waals surface area contributed by atoms with Gasteiger partial charge in [-0.3, -0.25) is 4.79 Å². The molecule has 1 fully saturated rings. The summed E-state index contributed by atoms with van der Waals surface area (Å²) in [6, 6.07) is 3.94. The zero-order chi connectivity index (χ0) is 11.1. The molecule has 1 unspecified atom stereocenters. The molecule has 1 aliphatic rings. The Bertz CT molecular complexity index is 384. The summed E-state index contributed by atoms with van der Waals surface area (Å²) >= 11 is 4.98. The Morgan fingerprint density at radius 3 is 2.67 bits per heavy atom. The molecule has 5 heteroatoms. The second-order valence-corrected chi connectivity index (χ2v) is 6.28. The Morgan fingerprint density at radius 1 is 1.67 bits per heavy atom. The van der Waals surface area contributed by atoms with Crippen LogP contribution in [0.25, 0.3) is 0 Å². The van der Waals surface area contributed by atoms with Gasteiger partial charge >= 0.3 is 5.97 Å². The molecule has 0 radical (unpaired) electrons. The standard InChI is InChI=1S/C10H11BrO3S/c1-6(9(12)13)10(4-14-5-10)7-2-3-8(11)15-7/h2-3,6H,4-5H2,1H3,(H,12,13). The van der Waals surface area contributed by atoms with Gasteiger partial charge in [0.25, 0.3) is 0 Å². The molecular formula is C10H11BrO3S. The SMILES string of the molecule is CC(C(=O)O)C1(c2ccc(Br)s2)COC1. The summed E-state index contributed by atoms with van der Waals surface area (Å²) in [6.45, 7) is 2.76. The number of ether oxygens (including phenoxy) is 1. The molecule has 0 aliphatic carbocycles. The first-order valence-electron chi connectivity index (χ1n) is 4.62. The minimum Gasteiger partial charge on any atom is -0.481 e. The average molecular weight is 291 g/mol. The van der Waals surface area contributed by atoms with Gasteiger partial charge in [-0.25, -0.2) is 0 Å². The molecular weight excluding hydrogens is 280 g/mol. The van der Waals surface area contributed by atoms with Crippen molar-refractivity contribution in [3.05, 3.63) is 20.8 Å². The summed E-state index contributed by atoms with van der Waals surface area (Å²) in [5, 5.41) is 9.09. The van der Waals surface area contributed by atoms with Crippen molar-refractivity contribution in [2.75, 3.05) is 13.2 Å². The highest BCUT2D eigenvalue weighted by atomic mass is 79.9. The molecule has 0 amide bonds. The largest absolute Gasteiger partial charge is 0.481 e. The molecule has 1 saturated heterocycles. The minimum absolute atomic E-state index is 0.317.